The molecule has 1 saturated heterocycles. The highest BCUT2D eigenvalue weighted by atomic mass is 35.5. The lowest BCUT2D eigenvalue weighted by Gasteiger charge is -2.32. The Labute approximate surface area is 111 Å². The van der Waals surface area contributed by atoms with Crippen molar-refractivity contribution in [1.82, 2.24) is 9.88 Å². The number of hydrogen-bond donors (Lipinski definition) is 1. The van der Waals surface area contributed by atoms with Crippen molar-refractivity contribution in [3.8, 4) is 0 Å². The quantitative estimate of drug-likeness (QED) is 0.851. The molecule has 1 aliphatic rings. The summed E-state index contributed by atoms with van der Waals surface area (Å²) in [5.41, 5.74) is 6.58. The molecule has 0 aromatic carbocycles. The molecule has 0 saturated carbocycles. The third kappa shape index (κ3) is 3.53. The van der Waals surface area contributed by atoms with Crippen LogP contribution >= 0.6 is 23.2 Å². The molecule has 0 amide bonds. The molecule has 2 N–H and O–H groups in total. The summed E-state index contributed by atoms with van der Waals surface area (Å²) in [5.74, 6) is 0. The van der Waals surface area contributed by atoms with Crippen LogP contribution in [-0.4, -0.2) is 42.2 Å². The van der Waals surface area contributed by atoms with Gasteiger partial charge in [0.25, 0.3) is 0 Å². The first-order chi connectivity index (χ1) is 8.19. The molecule has 0 radical (unpaired) electrons. The predicted molar refractivity (Wildman–Crippen MR) is 68.3 cm³/mol. The molecule has 0 bridgehead atoms. The first-order valence-corrected chi connectivity index (χ1v) is 6.29. The van der Waals surface area contributed by atoms with Crippen LogP contribution in [0.2, 0.25) is 10.3 Å². The lowest BCUT2D eigenvalue weighted by atomic mass is 10.2. The molecule has 1 fully saturated rings. The van der Waals surface area contributed by atoms with E-state index in [4.69, 9.17) is 33.7 Å². The van der Waals surface area contributed by atoms with Crippen molar-refractivity contribution in [2.75, 3.05) is 26.2 Å². The zero-order valence-electron chi connectivity index (χ0n) is 9.40. The van der Waals surface area contributed by atoms with Crippen LogP contribution in [0, 0.1) is 0 Å². The number of rotatable bonds is 3. The molecule has 0 aliphatic carbocycles. The highest BCUT2D eigenvalue weighted by Crippen LogP contribution is 2.19. The summed E-state index contributed by atoms with van der Waals surface area (Å²) in [5, 5.41) is 0.883. The Morgan fingerprint density at radius 1 is 1.47 bits per heavy atom. The fourth-order valence-corrected chi connectivity index (χ4v) is 2.27. The van der Waals surface area contributed by atoms with E-state index in [1.807, 2.05) is 6.07 Å². The van der Waals surface area contributed by atoms with Gasteiger partial charge in [0.05, 0.1) is 12.7 Å². The monoisotopic (exact) mass is 275 g/mol. The van der Waals surface area contributed by atoms with E-state index in [0.29, 0.717) is 23.5 Å². The van der Waals surface area contributed by atoms with E-state index >= 15 is 0 Å². The third-order valence-corrected chi connectivity index (χ3v) is 3.31. The molecule has 1 atom stereocenters. The van der Waals surface area contributed by atoms with E-state index in [1.165, 1.54) is 0 Å². The summed E-state index contributed by atoms with van der Waals surface area (Å²) in [6.45, 7) is 3.72. The van der Waals surface area contributed by atoms with Crippen LogP contribution in [0.15, 0.2) is 12.1 Å². The van der Waals surface area contributed by atoms with E-state index in [2.05, 4.69) is 9.88 Å². The molecule has 6 heteroatoms. The van der Waals surface area contributed by atoms with Gasteiger partial charge in [0.2, 0.25) is 0 Å². The van der Waals surface area contributed by atoms with Crippen LogP contribution in [0.25, 0.3) is 0 Å². The van der Waals surface area contributed by atoms with E-state index in [1.54, 1.807) is 6.07 Å². The summed E-state index contributed by atoms with van der Waals surface area (Å²) in [6, 6.07) is 3.66. The number of aromatic nitrogens is 1. The second kappa shape index (κ2) is 5.98. The Morgan fingerprint density at radius 2 is 2.29 bits per heavy atom. The van der Waals surface area contributed by atoms with Crippen molar-refractivity contribution in [1.29, 1.82) is 0 Å². The lowest BCUT2D eigenvalue weighted by molar-refractivity contribution is -0.0260. The molecule has 1 aliphatic heterocycles. The van der Waals surface area contributed by atoms with Gasteiger partial charge in [-0.2, -0.15) is 0 Å². The Balaban J connectivity index is 2.00. The van der Waals surface area contributed by atoms with Gasteiger partial charge in [-0.15, -0.1) is 0 Å². The van der Waals surface area contributed by atoms with Crippen LogP contribution in [0.4, 0.5) is 0 Å². The Morgan fingerprint density at radius 3 is 3.00 bits per heavy atom. The van der Waals surface area contributed by atoms with Gasteiger partial charge in [-0.05, 0) is 6.07 Å². The van der Waals surface area contributed by atoms with Crippen LogP contribution < -0.4 is 5.73 Å². The minimum atomic E-state index is 0.114. The summed E-state index contributed by atoms with van der Waals surface area (Å²) in [7, 11) is 0. The van der Waals surface area contributed by atoms with Gasteiger partial charge in [0, 0.05) is 31.7 Å². The SMILES string of the molecule is NCC1CN(Cc2ccc(Cl)nc2Cl)CCO1. The summed E-state index contributed by atoms with van der Waals surface area (Å²) in [4.78, 5) is 6.29. The van der Waals surface area contributed by atoms with Gasteiger partial charge in [0.1, 0.15) is 10.3 Å². The smallest absolute Gasteiger partial charge is 0.135 e. The number of ether oxygens (including phenoxy) is 1. The maximum Gasteiger partial charge on any atom is 0.135 e. The zero-order chi connectivity index (χ0) is 12.3. The van der Waals surface area contributed by atoms with Crippen molar-refractivity contribution >= 4 is 23.2 Å². The van der Waals surface area contributed by atoms with Crippen molar-refractivity contribution < 1.29 is 4.74 Å². The molecule has 94 valence electrons. The van der Waals surface area contributed by atoms with Crippen molar-refractivity contribution in [3.63, 3.8) is 0 Å². The number of halogens is 2. The predicted octanol–water partition coefficient (Wildman–Crippen LogP) is 1.55. The fraction of sp³-hybridized carbons (Fsp3) is 0.545. The normalized spacial score (nSPS) is 21.7. The molecule has 2 rings (SSSR count). The Bertz CT molecular complexity index is 389. The first kappa shape index (κ1) is 13.1. The second-order valence-electron chi connectivity index (χ2n) is 4.05. The largest absolute Gasteiger partial charge is 0.374 e. The standard InChI is InChI=1S/C11H15Cl2N3O/c12-10-2-1-8(11(13)15-10)6-16-3-4-17-9(5-14)7-16/h1-2,9H,3-7,14H2. The van der Waals surface area contributed by atoms with E-state index < -0.39 is 0 Å². The van der Waals surface area contributed by atoms with Crippen molar-refractivity contribution in [2.24, 2.45) is 5.73 Å². The number of nitrogens with two attached hydrogens (primary N) is 1. The van der Waals surface area contributed by atoms with Crippen LogP contribution in [0.1, 0.15) is 5.56 Å². The second-order valence-corrected chi connectivity index (χ2v) is 4.79. The maximum atomic E-state index is 6.04. The Hall–Kier alpha value is -0.390. The van der Waals surface area contributed by atoms with Crippen molar-refractivity contribution in [3.05, 3.63) is 28.0 Å². The van der Waals surface area contributed by atoms with Gasteiger partial charge in [0.15, 0.2) is 0 Å². The minimum Gasteiger partial charge on any atom is -0.374 e. The third-order valence-electron chi connectivity index (χ3n) is 2.77. The molecule has 1 aromatic heterocycles. The average molecular weight is 276 g/mol. The van der Waals surface area contributed by atoms with Gasteiger partial charge in [-0.3, -0.25) is 4.90 Å². The summed E-state index contributed by atoms with van der Waals surface area (Å²) in [6.07, 6.45) is 0.114. The molecule has 0 spiro atoms. The molecule has 1 aromatic rings. The number of hydrogen-bond acceptors (Lipinski definition) is 4. The summed E-state index contributed by atoms with van der Waals surface area (Å²) >= 11 is 11.8. The topological polar surface area (TPSA) is 51.4 Å². The van der Waals surface area contributed by atoms with Crippen LogP contribution in [-0.2, 0) is 11.3 Å². The lowest BCUT2D eigenvalue weighted by Crippen LogP contribution is -2.45. The van der Waals surface area contributed by atoms with Gasteiger partial charge < -0.3 is 10.5 Å². The fourth-order valence-electron chi connectivity index (χ4n) is 1.87. The average Bonchev–Trinajstić information content (AvgIpc) is 2.33. The van der Waals surface area contributed by atoms with Gasteiger partial charge >= 0.3 is 0 Å². The van der Waals surface area contributed by atoms with Gasteiger partial charge in [-0.25, -0.2) is 4.98 Å². The van der Waals surface area contributed by atoms with Gasteiger partial charge in [-0.1, -0.05) is 29.3 Å². The van der Waals surface area contributed by atoms with Crippen LogP contribution in [0.3, 0.4) is 0 Å². The zero-order valence-corrected chi connectivity index (χ0v) is 10.9. The number of nitrogens with zero attached hydrogens (tertiary/aromatic N) is 2. The first-order valence-electron chi connectivity index (χ1n) is 5.54. The van der Waals surface area contributed by atoms with Crippen LogP contribution in [0.5, 0.6) is 0 Å². The molecular weight excluding hydrogens is 261 g/mol. The number of morpholine rings is 1. The highest BCUT2D eigenvalue weighted by Gasteiger charge is 2.20. The van der Waals surface area contributed by atoms with E-state index in [9.17, 15) is 0 Å². The van der Waals surface area contributed by atoms with Crippen molar-refractivity contribution in [2.45, 2.75) is 12.6 Å². The Kier molecular flexibility index (Phi) is 4.59. The maximum absolute atomic E-state index is 6.04. The molecule has 1 unspecified atom stereocenters. The van der Waals surface area contributed by atoms with E-state index in [-0.39, 0.29) is 6.10 Å². The highest BCUT2D eigenvalue weighted by molar-refractivity contribution is 6.32. The molecule has 17 heavy (non-hydrogen) atoms. The minimum absolute atomic E-state index is 0.114. The summed E-state index contributed by atoms with van der Waals surface area (Å²) < 4.78 is 5.51. The molecule has 2 heterocycles. The van der Waals surface area contributed by atoms with E-state index in [0.717, 1.165) is 25.2 Å². The molecule has 4 nitrogen and oxygen atoms in total. The number of pyridine rings is 1. The molecular formula is C11H15Cl2N3O.